The number of rotatable bonds is 5. The van der Waals surface area contributed by atoms with Gasteiger partial charge in [-0.2, -0.15) is 9.97 Å². The van der Waals surface area contributed by atoms with E-state index in [1.54, 1.807) is 6.92 Å². The van der Waals surface area contributed by atoms with E-state index in [1.807, 2.05) is 0 Å². The number of hydrogen-bond acceptors (Lipinski definition) is 8. The highest BCUT2D eigenvalue weighted by Gasteiger charge is 2.20. The predicted octanol–water partition coefficient (Wildman–Crippen LogP) is 2.21. The maximum absolute atomic E-state index is 11.0. The molecule has 1 heterocycles. The number of nitrogens with two attached hydrogens (primary N) is 1. The Hall–Kier alpha value is -2.68. The molecule has 0 unspecified atom stereocenters. The molecule has 0 saturated heterocycles. The highest BCUT2D eigenvalue weighted by atomic mass is 35.5. The molecule has 1 aromatic carbocycles. The zero-order chi connectivity index (χ0) is 15.4. The van der Waals surface area contributed by atoms with Crippen LogP contribution in [0.4, 0.5) is 11.6 Å². The molecule has 0 bridgehead atoms. The summed E-state index contributed by atoms with van der Waals surface area (Å²) >= 11 is 5.90. The van der Waals surface area contributed by atoms with Crippen LogP contribution >= 0.6 is 11.6 Å². The predicted molar refractivity (Wildman–Crippen MR) is 73.6 cm³/mol. The molecule has 0 saturated carbocycles. The number of nitrogens with zero attached hydrogens (tertiary/aromatic N) is 4. The maximum atomic E-state index is 11.0. The summed E-state index contributed by atoms with van der Waals surface area (Å²) in [5.41, 5.74) is 5.17. The summed E-state index contributed by atoms with van der Waals surface area (Å²) in [7, 11) is 0. The number of hydrogen-bond donors (Lipinski definition) is 1. The van der Waals surface area contributed by atoms with Crippen molar-refractivity contribution < 1.29 is 14.4 Å². The molecular formula is C11H10ClN5O4. The third-order valence-electron chi connectivity index (χ3n) is 2.22. The Morgan fingerprint density at radius 3 is 2.71 bits per heavy atom. The lowest BCUT2D eigenvalue weighted by Gasteiger charge is -2.07. The van der Waals surface area contributed by atoms with E-state index >= 15 is 0 Å². The molecule has 0 radical (unpaired) electrons. The second kappa shape index (κ2) is 6.18. The first kappa shape index (κ1) is 14.7. The van der Waals surface area contributed by atoms with Crippen LogP contribution in [0.2, 0.25) is 5.02 Å². The van der Waals surface area contributed by atoms with Gasteiger partial charge in [0.15, 0.2) is 0 Å². The largest absolute Gasteiger partial charge is 0.464 e. The van der Waals surface area contributed by atoms with Crippen LogP contribution in [0.1, 0.15) is 6.92 Å². The first-order valence-corrected chi connectivity index (χ1v) is 6.14. The van der Waals surface area contributed by atoms with Crippen molar-refractivity contribution in [1.82, 2.24) is 15.0 Å². The Morgan fingerprint density at radius 2 is 2.05 bits per heavy atom. The van der Waals surface area contributed by atoms with Gasteiger partial charge < -0.3 is 15.2 Å². The average Bonchev–Trinajstić information content (AvgIpc) is 2.40. The SMILES string of the molecule is CCOc1nc(N)nc(Oc2c(Cl)cccc2[N+](=O)[O-])n1. The van der Waals surface area contributed by atoms with Crippen LogP contribution in [-0.4, -0.2) is 26.5 Å². The summed E-state index contributed by atoms with van der Waals surface area (Å²) in [5, 5.41) is 11.0. The number of aromatic nitrogens is 3. The Kier molecular flexibility index (Phi) is 4.33. The van der Waals surface area contributed by atoms with Crippen molar-refractivity contribution in [2.24, 2.45) is 0 Å². The summed E-state index contributed by atoms with van der Waals surface area (Å²) in [6.45, 7) is 2.05. The molecular weight excluding hydrogens is 302 g/mol. The highest BCUT2D eigenvalue weighted by molar-refractivity contribution is 6.32. The monoisotopic (exact) mass is 311 g/mol. The van der Waals surface area contributed by atoms with Crippen LogP contribution in [0.25, 0.3) is 0 Å². The van der Waals surface area contributed by atoms with Crippen molar-refractivity contribution in [2.75, 3.05) is 12.3 Å². The molecule has 21 heavy (non-hydrogen) atoms. The minimum Gasteiger partial charge on any atom is -0.464 e. The van der Waals surface area contributed by atoms with Gasteiger partial charge >= 0.3 is 17.7 Å². The Balaban J connectivity index is 2.40. The van der Waals surface area contributed by atoms with Crippen molar-refractivity contribution in [3.63, 3.8) is 0 Å². The van der Waals surface area contributed by atoms with Crippen molar-refractivity contribution in [1.29, 1.82) is 0 Å². The van der Waals surface area contributed by atoms with Crippen LogP contribution in [-0.2, 0) is 0 Å². The summed E-state index contributed by atoms with van der Waals surface area (Å²) in [4.78, 5) is 21.6. The lowest BCUT2D eigenvalue weighted by Crippen LogP contribution is -2.05. The molecule has 1 aromatic heterocycles. The second-order valence-corrected chi connectivity index (χ2v) is 4.05. The zero-order valence-corrected chi connectivity index (χ0v) is 11.6. The second-order valence-electron chi connectivity index (χ2n) is 3.64. The molecule has 9 nitrogen and oxygen atoms in total. The van der Waals surface area contributed by atoms with Gasteiger partial charge in [0.05, 0.1) is 16.6 Å². The molecule has 0 fully saturated rings. The van der Waals surface area contributed by atoms with Gasteiger partial charge in [-0.3, -0.25) is 10.1 Å². The molecule has 10 heteroatoms. The fourth-order valence-electron chi connectivity index (χ4n) is 1.43. The Labute approximate surface area is 123 Å². The molecule has 0 aliphatic rings. The molecule has 0 amide bonds. The van der Waals surface area contributed by atoms with Crippen LogP contribution in [0.5, 0.6) is 17.8 Å². The molecule has 2 N–H and O–H groups in total. The molecule has 0 spiro atoms. The van der Waals surface area contributed by atoms with E-state index in [0.29, 0.717) is 6.61 Å². The average molecular weight is 312 g/mol. The van der Waals surface area contributed by atoms with E-state index in [2.05, 4.69) is 15.0 Å². The topological polar surface area (TPSA) is 126 Å². The Bertz CT molecular complexity index is 682. The summed E-state index contributed by atoms with van der Waals surface area (Å²) < 4.78 is 10.4. The van der Waals surface area contributed by atoms with Gasteiger partial charge in [0, 0.05) is 6.07 Å². The number of anilines is 1. The van der Waals surface area contributed by atoms with Gasteiger partial charge in [-0.05, 0) is 13.0 Å². The number of benzene rings is 1. The third-order valence-corrected chi connectivity index (χ3v) is 2.52. The number of nitro benzene ring substituents is 1. The molecule has 2 aromatic rings. The smallest absolute Gasteiger partial charge is 0.330 e. The number of halogens is 1. The summed E-state index contributed by atoms with van der Waals surface area (Å²) in [6.07, 6.45) is 0. The van der Waals surface area contributed by atoms with Gasteiger partial charge in [-0.25, -0.2) is 0 Å². The van der Waals surface area contributed by atoms with Crippen LogP contribution < -0.4 is 15.2 Å². The van der Waals surface area contributed by atoms with E-state index in [1.165, 1.54) is 18.2 Å². The Morgan fingerprint density at radius 1 is 1.33 bits per heavy atom. The van der Waals surface area contributed by atoms with E-state index < -0.39 is 4.92 Å². The normalized spacial score (nSPS) is 10.2. The van der Waals surface area contributed by atoms with Gasteiger partial charge in [0.25, 0.3) is 0 Å². The molecule has 0 atom stereocenters. The lowest BCUT2D eigenvalue weighted by molar-refractivity contribution is -0.385. The van der Waals surface area contributed by atoms with Crippen LogP contribution in [0.3, 0.4) is 0 Å². The molecule has 0 aliphatic carbocycles. The van der Waals surface area contributed by atoms with Crippen molar-refractivity contribution >= 4 is 23.2 Å². The zero-order valence-electron chi connectivity index (χ0n) is 10.8. The number of para-hydroxylation sites is 1. The first-order valence-electron chi connectivity index (χ1n) is 5.76. The highest BCUT2D eigenvalue weighted by Crippen LogP contribution is 2.36. The van der Waals surface area contributed by atoms with Crippen LogP contribution in [0, 0.1) is 10.1 Å². The number of nitrogen functional groups attached to an aromatic ring is 1. The van der Waals surface area contributed by atoms with Gasteiger partial charge in [-0.15, -0.1) is 4.98 Å². The first-order chi connectivity index (χ1) is 10.0. The lowest BCUT2D eigenvalue weighted by atomic mass is 10.3. The van der Waals surface area contributed by atoms with Crippen molar-refractivity contribution in [3.8, 4) is 17.8 Å². The third kappa shape index (κ3) is 3.45. The fraction of sp³-hybridized carbons (Fsp3) is 0.182. The van der Waals surface area contributed by atoms with Gasteiger partial charge in [0.2, 0.25) is 11.7 Å². The molecule has 110 valence electrons. The standard InChI is InChI=1S/C11H10ClN5O4/c1-2-20-10-14-9(13)15-11(16-10)21-8-6(12)4-3-5-7(8)17(18)19/h3-5H,2H2,1H3,(H2,13,14,15,16). The summed E-state index contributed by atoms with van der Waals surface area (Å²) in [5.74, 6) is -0.324. The maximum Gasteiger partial charge on any atom is 0.330 e. The fourth-order valence-corrected chi connectivity index (χ4v) is 1.63. The van der Waals surface area contributed by atoms with Crippen LogP contribution in [0.15, 0.2) is 18.2 Å². The van der Waals surface area contributed by atoms with Gasteiger partial charge in [-0.1, -0.05) is 17.7 Å². The summed E-state index contributed by atoms with van der Waals surface area (Å²) in [6, 6.07) is 3.82. The van der Waals surface area contributed by atoms with Crippen molar-refractivity contribution in [2.45, 2.75) is 6.92 Å². The van der Waals surface area contributed by atoms with E-state index in [-0.39, 0.29) is 34.4 Å². The minimum absolute atomic E-state index is 0.0427. The minimum atomic E-state index is -0.630. The van der Waals surface area contributed by atoms with E-state index in [4.69, 9.17) is 26.8 Å². The van der Waals surface area contributed by atoms with E-state index in [9.17, 15) is 10.1 Å². The van der Waals surface area contributed by atoms with E-state index in [0.717, 1.165) is 0 Å². The molecule has 2 rings (SSSR count). The quantitative estimate of drug-likeness (QED) is 0.657. The molecule has 0 aliphatic heterocycles. The number of ether oxygens (including phenoxy) is 2. The van der Waals surface area contributed by atoms with Crippen molar-refractivity contribution in [3.05, 3.63) is 33.3 Å². The van der Waals surface area contributed by atoms with Gasteiger partial charge in [0.1, 0.15) is 0 Å². The number of nitro groups is 1.